The lowest BCUT2D eigenvalue weighted by atomic mass is 9.97. The van der Waals surface area contributed by atoms with E-state index in [9.17, 15) is 0 Å². The molecular weight excluding hydrogens is 623 g/mol. The maximum absolute atomic E-state index is 6.79. The fourth-order valence-corrected chi connectivity index (χ4v) is 7.12. The third-order valence-corrected chi connectivity index (χ3v) is 9.71. The van der Waals surface area contributed by atoms with E-state index in [1.807, 2.05) is 36.4 Å². The van der Waals surface area contributed by atoms with Crippen molar-refractivity contribution >= 4 is 43.5 Å². The standard InChI is InChI=1S/C47H29N3O/c1-3-11-30(12-4-1)32-19-21-33(22-20-32)36-25-26-40-42(29-36)51-44-39-18-10-9-17-37(39)28-41(43(40)44)47-49-45(34-14-5-2-6-15-34)48-46(50-47)38-24-23-31-13-7-8-16-35(31)27-38/h1-29H. The summed E-state index contributed by atoms with van der Waals surface area (Å²) in [5, 5.41) is 6.43. The van der Waals surface area contributed by atoms with Gasteiger partial charge < -0.3 is 4.42 Å². The highest BCUT2D eigenvalue weighted by atomic mass is 16.3. The maximum atomic E-state index is 6.79. The predicted octanol–water partition coefficient (Wildman–Crippen LogP) is 12.4. The van der Waals surface area contributed by atoms with E-state index in [0.717, 1.165) is 65.9 Å². The Morgan fingerprint density at radius 2 is 0.882 bits per heavy atom. The second-order valence-corrected chi connectivity index (χ2v) is 12.8. The Morgan fingerprint density at radius 1 is 0.333 bits per heavy atom. The zero-order valence-electron chi connectivity index (χ0n) is 27.5. The van der Waals surface area contributed by atoms with Gasteiger partial charge in [0.2, 0.25) is 0 Å². The molecule has 0 aliphatic carbocycles. The first-order valence-electron chi connectivity index (χ1n) is 17.1. The smallest absolute Gasteiger partial charge is 0.164 e. The second kappa shape index (κ2) is 11.9. The first-order valence-corrected chi connectivity index (χ1v) is 17.1. The van der Waals surface area contributed by atoms with Gasteiger partial charge in [-0.25, -0.2) is 15.0 Å². The molecule has 0 radical (unpaired) electrons. The van der Waals surface area contributed by atoms with E-state index in [2.05, 4.69) is 140 Å². The molecule has 0 atom stereocenters. The minimum absolute atomic E-state index is 0.603. The monoisotopic (exact) mass is 651 g/mol. The van der Waals surface area contributed by atoms with E-state index in [0.29, 0.717) is 17.5 Å². The Kier molecular flexibility index (Phi) is 6.78. The zero-order valence-corrected chi connectivity index (χ0v) is 27.5. The van der Waals surface area contributed by atoms with Crippen LogP contribution in [0.3, 0.4) is 0 Å². The van der Waals surface area contributed by atoms with Crippen molar-refractivity contribution in [2.75, 3.05) is 0 Å². The third kappa shape index (κ3) is 5.13. The van der Waals surface area contributed by atoms with Crippen LogP contribution in [0.25, 0.3) is 99.9 Å². The highest BCUT2D eigenvalue weighted by Crippen LogP contribution is 2.42. The van der Waals surface area contributed by atoms with Crippen molar-refractivity contribution in [1.29, 1.82) is 0 Å². The molecule has 0 amide bonds. The number of nitrogens with zero attached hydrogens (tertiary/aromatic N) is 3. The SMILES string of the molecule is c1ccc(-c2ccc(-c3ccc4c(c3)oc3c5ccccc5cc(-c5nc(-c6ccccc6)nc(-c6ccc7ccccc7c6)n5)c43)cc2)cc1. The number of rotatable bonds is 5. The van der Waals surface area contributed by atoms with E-state index in [1.54, 1.807) is 0 Å². The molecule has 0 saturated carbocycles. The lowest BCUT2D eigenvalue weighted by molar-refractivity contribution is 0.673. The van der Waals surface area contributed by atoms with Crippen molar-refractivity contribution in [2.45, 2.75) is 0 Å². The Bertz CT molecular complexity index is 2900. The van der Waals surface area contributed by atoms with Crippen LogP contribution >= 0.6 is 0 Å². The van der Waals surface area contributed by atoms with Crippen molar-refractivity contribution in [2.24, 2.45) is 0 Å². The molecule has 0 N–H and O–H groups in total. The van der Waals surface area contributed by atoms with Crippen LogP contribution in [0.15, 0.2) is 180 Å². The van der Waals surface area contributed by atoms with Crippen LogP contribution < -0.4 is 0 Å². The molecule has 4 heteroatoms. The number of fused-ring (bicyclic) bond motifs is 6. The molecule has 51 heavy (non-hydrogen) atoms. The molecule has 0 fully saturated rings. The molecule has 8 aromatic carbocycles. The summed E-state index contributed by atoms with van der Waals surface area (Å²) in [6.07, 6.45) is 0. The summed E-state index contributed by atoms with van der Waals surface area (Å²) >= 11 is 0. The summed E-state index contributed by atoms with van der Waals surface area (Å²) in [6.45, 7) is 0. The van der Waals surface area contributed by atoms with Crippen molar-refractivity contribution in [3.8, 4) is 56.4 Å². The summed E-state index contributed by atoms with van der Waals surface area (Å²) < 4.78 is 6.79. The summed E-state index contributed by atoms with van der Waals surface area (Å²) in [6, 6.07) is 61.0. The largest absolute Gasteiger partial charge is 0.455 e. The minimum atomic E-state index is 0.603. The summed E-state index contributed by atoms with van der Waals surface area (Å²) in [5.74, 6) is 1.85. The van der Waals surface area contributed by atoms with E-state index in [1.165, 1.54) is 16.5 Å². The van der Waals surface area contributed by atoms with Crippen LogP contribution in [0.2, 0.25) is 0 Å². The van der Waals surface area contributed by atoms with Crippen LogP contribution in [0.5, 0.6) is 0 Å². The number of furan rings is 1. The van der Waals surface area contributed by atoms with Gasteiger partial charge in [0.05, 0.1) is 0 Å². The first kappa shape index (κ1) is 29.0. The number of benzene rings is 8. The topological polar surface area (TPSA) is 51.8 Å². The molecule has 0 aliphatic rings. The average Bonchev–Trinajstić information content (AvgIpc) is 3.60. The summed E-state index contributed by atoms with van der Waals surface area (Å²) in [5.41, 5.74) is 9.03. The molecular formula is C47H29N3O. The van der Waals surface area contributed by atoms with Crippen molar-refractivity contribution in [3.63, 3.8) is 0 Å². The summed E-state index contributed by atoms with van der Waals surface area (Å²) in [4.78, 5) is 15.3. The molecule has 0 bridgehead atoms. The van der Waals surface area contributed by atoms with Crippen molar-refractivity contribution in [1.82, 2.24) is 15.0 Å². The first-order chi connectivity index (χ1) is 25.2. The Balaban J connectivity index is 1.18. The molecule has 238 valence electrons. The molecule has 0 saturated heterocycles. The van der Waals surface area contributed by atoms with Crippen molar-refractivity contribution in [3.05, 3.63) is 176 Å². The fraction of sp³-hybridized carbons (Fsp3) is 0. The average molecular weight is 652 g/mol. The van der Waals surface area contributed by atoms with Crippen LogP contribution in [-0.4, -0.2) is 15.0 Å². The van der Waals surface area contributed by atoms with E-state index in [-0.39, 0.29) is 0 Å². The number of hydrogen-bond acceptors (Lipinski definition) is 4. The lowest BCUT2D eigenvalue weighted by Gasteiger charge is -2.11. The molecule has 0 spiro atoms. The van der Waals surface area contributed by atoms with Gasteiger partial charge in [-0.05, 0) is 62.7 Å². The van der Waals surface area contributed by atoms with E-state index < -0.39 is 0 Å². The highest BCUT2D eigenvalue weighted by molar-refractivity contribution is 6.21. The summed E-state index contributed by atoms with van der Waals surface area (Å²) in [7, 11) is 0. The molecule has 0 aliphatic heterocycles. The van der Waals surface area contributed by atoms with Gasteiger partial charge in [-0.2, -0.15) is 0 Å². The predicted molar refractivity (Wildman–Crippen MR) is 209 cm³/mol. The Morgan fingerprint density at radius 3 is 1.65 bits per heavy atom. The Labute approximate surface area is 294 Å². The van der Waals surface area contributed by atoms with Gasteiger partial charge in [-0.15, -0.1) is 0 Å². The van der Waals surface area contributed by atoms with Gasteiger partial charge in [0.25, 0.3) is 0 Å². The van der Waals surface area contributed by atoms with Gasteiger partial charge in [0.1, 0.15) is 11.2 Å². The number of hydrogen-bond donors (Lipinski definition) is 0. The van der Waals surface area contributed by atoms with Gasteiger partial charge in [0.15, 0.2) is 17.5 Å². The lowest BCUT2D eigenvalue weighted by Crippen LogP contribution is -2.00. The van der Waals surface area contributed by atoms with Gasteiger partial charge in [-0.3, -0.25) is 0 Å². The van der Waals surface area contributed by atoms with Crippen LogP contribution in [-0.2, 0) is 0 Å². The second-order valence-electron chi connectivity index (χ2n) is 12.8. The molecule has 2 aromatic heterocycles. The molecule has 10 aromatic rings. The zero-order chi connectivity index (χ0) is 33.7. The maximum Gasteiger partial charge on any atom is 0.164 e. The Hall–Kier alpha value is -6.91. The molecule has 10 rings (SSSR count). The highest BCUT2D eigenvalue weighted by Gasteiger charge is 2.21. The molecule has 4 nitrogen and oxygen atoms in total. The third-order valence-electron chi connectivity index (χ3n) is 9.71. The minimum Gasteiger partial charge on any atom is -0.455 e. The van der Waals surface area contributed by atoms with Gasteiger partial charge in [-0.1, -0.05) is 152 Å². The molecule has 2 heterocycles. The van der Waals surface area contributed by atoms with E-state index >= 15 is 0 Å². The van der Waals surface area contributed by atoms with Crippen molar-refractivity contribution < 1.29 is 4.42 Å². The van der Waals surface area contributed by atoms with Crippen LogP contribution in [0.1, 0.15) is 0 Å². The van der Waals surface area contributed by atoms with Gasteiger partial charge >= 0.3 is 0 Å². The molecule has 0 unspecified atom stereocenters. The van der Waals surface area contributed by atoms with Gasteiger partial charge in [0, 0.05) is 32.8 Å². The number of aromatic nitrogens is 3. The quantitative estimate of drug-likeness (QED) is 0.186. The van der Waals surface area contributed by atoms with Crippen LogP contribution in [0, 0.1) is 0 Å². The van der Waals surface area contributed by atoms with Crippen LogP contribution in [0.4, 0.5) is 0 Å². The van der Waals surface area contributed by atoms with E-state index in [4.69, 9.17) is 19.4 Å². The fourth-order valence-electron chi connectivity index (χ4n) is 7.12. The normalized spacial score (nSPS) is 11.5.